The fourth-order valence-electron chi connectivity index (χ4n) is 2.51. The van der Waals surface area contributed by atoms with Crippen molar-refractivity contribution in [1.29, 1.82) is 0 Å². The van der Waals surface area contributed by atoms with Gasteiger partial charge in [-0.1, -0.05) is 68.2 Å². The Labute approximate surface area is 157 Å². The standard InChI is InChI=1S/C18H21Cl2N3O2/c1-4-12-5-7-13(8-6-12)17(11(2)3)22-15(24)10-23-18(25)16(20)14(19)9-21-23/h5-9,11,17H,4,10H2,1-3H3,(H,22,24)/t17-/m0/s1. The molecule has 0 fully saturated rings. The number of aryl methyl sites for hydroxylation is 1. The van der Waals surface area contributed by atoms with Crippen LogP contribution in [0.2, 0.25) is 10.0 Å². The zero-order chi connectivity index (χ0) is 18.6. The fourth-order valence-corrected chi connectivity index (χ4v) is 2.78. The van der Waals surface area contributed by atoms with Crippen LogP contribution in [-0.2, 0) is 17.8 Å². The van der Waals surface area contributed by atoms with Crippen LogP contribution in [0.4, 0.5) is 0 Å². The van der Waals surface area contributed by atoms with Gasteiger partial charge in [-0.2, -0.15) is 5.10 Å². The number of carbonyl (C=O) groups is 1. The van der Waals surface area contributed by atoms with Crippen LogP contribution < -0.4 is 10.9 Å². The molecule has 0 bridgehead atoms. The second kappa shape index (κ2) is 8.50. The average molecular weight is 382 g/mol. The molecule has 1 heterocycles. The molecule has 25 heavy (non-hydrogen) atoms. The summed E-state index contributed by atoms with van der Waals surface area (Å²) in [4.78, 5) is 24.4. The topological polar surface area (TPSA) is 64.0 Å². The van der Waals surface area contributed by atoms with Gasteiger partial charge < -0.3 is 5.32 Å². The van der Waals surface area contributed by atoms with Crippen LogP contribution in [0.15, 0.2) is 35.3 Å². The molecule has 0 spiro atoms. The normalized spacial score (nSPS) is 12.2. The summed E-state index contributed by atoms with van der Waals surface area (Å²) in [6, 6.07) is 8.00. The van der Waals surface area contributed by atoms with Gasteiger partial charge in [0.1, 0.15) is 11.6 Å². The lowest BCUT2D eigenvalue weighted by molar-refractivity contribution is -0.123. The number of nitrogens with one attached hydrogen (secondary N) is 1. The molecule has 1 aromatic heterocycles. The monoisotopic (exact) mass is 381 g/mol. The first-order valence-corrected chi connectivity index (χ1v) is 8.88. The summed E-state index contributed by atoms with van der Waals surface area (Å²) in [5, 5.41) is 6.75. The first-order valence-electron chi connectivity index (χ1n) is 8.12. The van der Waals surface area contributed by atoms with Crippen molar-refractivity contribution in [3.8, 4) is 0 Å². The molecule has 5 nitrogen and oxygen atoms in total. The molecule has 0 unspecified atom stereocenters. The maximum atomic E-state index is 12.4. The molecular formula is C18H21Cl2N3O2. The van der Waals surface area contributed by atoms with E-state index in [1.54, 1.807) is 0 Å². The summed E-state index contributed by atoms with van der Waals surface area (Å²) >= 11 is 11.6. The van der Waals surface area contributed by atoms with E-state index in [0.717, 1.165) is 16.7 Å². The molecule has 1 amide bonds. The maximum Gasteiger partial charge on any atom is 0.287 e. The molecule has 0 aliphatic heterocycles. The van der Waals surface area contributed by atoms with E-state index >= 15 is 0 Å². The number of nitrogens with zero attached hydrogens (tertiary/aromatic N) is 2. The van der Waals surface area contributed by atoms with E-state index < -0.39 is 5.56 Å². The molecule has 1 atom stereocenters. The number of aromatic nitrogens is 2. The van der Waals surface area contributed by atoms with Crippen molar-refractivity contribution in [1.82, 2.24) is 15.1 Å². The maximum absolute atomic E-state index is 12.4. The minimum atomic E-state index is -0.585. The summed E-state index contributed by atoms with van der Waals surface area (Å²) in [6.07, 6.45) is 2.22. The van der Waals surface area contributed by atoms with E-state index in [1.807, 2.05) is 26.0 Å². The van der Waals surface area contributed by atoms with Crippen LogP contribution in [0, 0.1) is 5.92 Å². The highest BCUT2D eigenvalue weighted by Gasteiger charge is 2.19. The number of hydrogen-bond acceptors (Lipinski definition) is 3. The third-order valence-electron chi connectivity index (χ3n) is 3.97. The summed E-state index contributed by atoms with van der Waals surface area (Å²) in [7, 11) is 0. The van der Waals surface area contributed by atoms with Gasteiger partial charge in [0.2, 0.25) is 5.91 Å². The Balaban J connectivity index is 2.15. The largest absolute Gasteiger partial charge is 0.347 e. The van der Waals surface area contributed by atoms with Gasteiger partial charge in [0.25, 0.3) is 5.56 Å². The van der Waals surface area contributed by atoms with Crippen LogP contribution in [0.5, 0.6) is 0 Å². The van der Waals surface area contributed by atoms with E-state index in [4.69, 9.17) is 23.2 Å². The molecule has 0 radical (unpaired) electrons. The number of hydrogen-bond donors (Lipinski definition) is 1. The summed E-state index contributed by atoms with van der Waals surface area (Å²) in [5.74, 6) is -0.124. The lowest BCUT2D eigenvalue weighted by Crippen LogP contribution is -2.37. The Hall–Kier alpha value is -1.85. The number of carbonyl (C=O) groups excluding carboxylic acids is 1. The van der Waals surface area contributed by atoms with Crippen molar-refractivity contribution in [3.63, 3.8) is 0 Å². The van der Waals surface area contributed by atoms with E-state index in [-0.39, 0.29) is 34.5 Å². The number of benzene rings is 1. The Morgan fingerprint density at radius 1 is 1.24 bits per heavy atom. The molecule has 2 aromatic rings. The van der Waals surface area contributed by atoms with Crippen molar-refractivity contribution < 1.29 is 4.79 Å². The first kappa shape index (κ1) is 19.5. The lowest BCUT2D eigenvalue weighted by Gasteiger charge is -2.23. The van der Waals surface area contributed by atoms with Crippen molar-refractivity contribution >= 4 is 29.1 Å². The van der Waals surface area contributed by atoms with Crippen molar-refractivity contribution in [2.45, 2.75) is 39.8 Å². The van der Waals surface area contributed by atoms with Gasteiger partial charge in [0.05, 0.1) is 17.3 Å². The molecular weight excluding hydrogens is 361 g/mol. The van der Waals surface area contributed by atoms with Crippen molar-refractivity contribution in [2.24, 2.45) is 5.92 Å². The minimum Gasteiger partial charge on any atom is -0.347 e. The van der Waals surface area contributed by atoms with Crippen molar-refractivity contribution in [2.75, 3.05) is 0 Å². The van der Waals surface area contributed by atoms with Crippen LogP contribution in [0.1, 0.15) is 37.9 Å². The first-order chi connectivity index (χ1) is 11.8. The SMILES string of the molecule is CCc1ccc([C@@H](NC(=O)Cn2ncc(Cl)c(Cl)c2=O)C(C)C)cc1. The van der Waals surface area contributed by atoms with Gasteiger partial charge in [-0.15, -0.1) is 0 Å². The number of amides is 1. The molecule has 0 saturated heterocycles. The van der Waals surface area contributed by atoms with Gasteiger partial charge in [0, 0.05) is 0 Å². The third kappa shape index (κ3) is 4.83. The van der Waals surface area contributed by atoms with E-state index in [1.165, 1.54) is 11.8 Å². The van der Waals surface area contributed by atoms with E-state index in [2.05, 4.69) is 29.5 Å². The molecule has 1 aromatic carbocycles. The number of halogens is 2. The van der Waals surface area contributed by atoms with E-state index in [0.29, 0.717) is 0 Å². The molecule has 7 heteroatoms. The minimum absolute atomic E-state index is 0.0689. The van der Waals surface area contributed by atoms with Crippen LogP contribution in [-0.4, -0.2) is 15.7 Å². The predicted molar refractivity (Wildman–Crippen MR) is 100 cm³/mol. The quantitative estimate of drug-likeness (QED) is 0.830. The molecule has 134 valence electrons. The van der Waals surface area contributed by atoms with Crippen LogP contribution in [0.25, 0.3) is 0 Å². The molecule has 0 saturated carbocycles. The average Bonchev–Trinajstić information content (AvgIpc) is 2.60. The third-order valence-corrected chi connectivity index (χ3v) is 4.71. The lowest BCUT2D eigenvalue weighted by atomic mass is 9.95. The van der Waals surface area contributed by atoms with Crippen LogP contribution in [0.3, 0.4) is 0 Å². The highest BCUT2D eigenvalue weighted by atomic mass is 35.5. The highest BCUT2D eigenvalue weighted by molar-refractivity contribution is 6.41. The molecule has 2 rings (SSSR count). The molecule has 1 N–H and O–H groups in total. The molecule has 0 aliphatic carbocycles. The Morgan fingerprint density at radius 2 is 1.88 bits per heavy atom. The second-order valence-electron chi connectivity index (χ2n) is 6.15. The smallest absolute Gasteiger partial charge is 0.287 e. The number of rotatable bonds is 6. The van der Waals surface area contributed by atoms with Gasteiger partial charge in [-0.05, 0) is 23.5 Å². The van der Waals surface area contributed by atoms with Gasteiger partial charge in [-0.3, -0.25) is 9.59 Å². The summed E-state index contributed by atoms with van der Waals surface area (Å²) < 4.78 is 1.00. The fraction of sp³-hybridized carbons (Fsp3) is 0.389. The van der Waals surface area contributed by atoms with Gasteiger partial charge in [-0.25, -0.2) is 4.68 Å². The summed E-state index contributed by atoms with van der Waals surface area (Å²) in [6.45, 7) is 5.94. The van der Waals surface area contributed by atoms with E-state index in [9.17, 15) is 9.59 Å². The zero-order valence-electron chi connectivity index (χ0n) is 14.4. The second-order valence-corrected chi connectivity index (χ2v) is 6.94. The summed E-state index contributed by atoms with van der Waals surface area (Å²) in [5.41, 5.74) is 1.68. The van der Waals surface area contributed by atoms with Crippen LogP contribution >= 0.6 is 23.2 Å². The highest BCUT2D eigenvalue weighted by Crippen LogP contribution is 2.22. The van der Waals surface area contributed by atoms with Gasteiger partial charge >= 0.3 is 0 Å². The Morgan fingerprint density at radius 3 is 2.44 bits per heavy atom. The predicted octanol–water partition coefficient (Wildman–Crippen LogP) is 3.63. The Bertz CT molecular complexity index is 801. The van der Waals surface area contributed by atoms with Gasteiger partial charge in [0.15, 0.2) is 0 Å². The Kier molecular flexibility index (Phi) is 6.62. The van der Waals surface area contributed by atoms with Crippen molar-refractivity contribution in [3.05, 3.63) is 62.0 Å². The molecule has 0 aliphatic rings. The zero-order valence-corrected chi connectivity index (χ0v) is 15.9.